The van der Waals surface area contributed by atoms with Crippen LogP contribution >= 0.6 is 0 Å². The number of benzene rings is 2. The van der Waals surface area contributed by atoms with Crippen molar-refractivity contribution in [3.05, 3.63) is 75.9 Å². The van der Waals surface area contributed by atoms with Crippen LogP contribution in [0.15, 0.2) is 53.6 Å². The highest BCUT2D eigenvalue weighted by Gasteiger charge is 2.39. The van der Waals surface area contributed by atoms with Crippen LogP contribution in [-0.4, -0.2) is 38.5 Å². The number of carbonyl (C=O) groups is 4. The highest BCUT2D eigenvalue weighted by atomic mass is 16.3. The molecular formula is C21H12O7. The molecule has 2 aliphatic carbocycles. The van der Waals surface area contributed by atoms with Crippen molar-refractivity contribution in [3.63, 3.8) is 0 Å². The Labute approximate surface area is 157 Å². The number of carbonyl (C=O) groups excluding carboxylic acids is 4. The molecule has 0 amide bonds. The van der Waals surface area contributed by atoms with Gasteiger partial charge in [-0.2, -0.15) is 0 Å². The first-order valence-corrected chi connectivity index (χ1v) is 8.27. The van der Waals surface area contributed by atoms with Crippen molar-refractivity contribution in [3.8, 4) is 5.75 Å². The Bertz CT molecular complexity index is 1180. The van der Waals surface area contributed by atoms with Crippen LogP contribution in [0.4, 0.5) is 0 Å². The smallest absolute Gasteiger partial charge is 0.237 e. The average molecular weight is 376 g/mol. The molecule has 3 N–H and O–H groups in total. The molecule has 0 fully saturated rings. The minimum absolute atomic E-state index is 0.0354. The summed E-state index contributed by atoms with van der Waals surface area (Å²) in [6.07, 6.45) is -0.601. The van der Waals surface area contributed by atoms with Crippen molar-refractivity contribution in [2.75, 3.05) is 0 Å². The largest absolute Gasteiger partial charge is 0.507 e. The number of aliphatic hydroxyl groups excluding tert-OH is 2. The van der Waals surface area contributed by atoms with Crippen LogP contribution in [-0.2, 0) is 9.59 Å². The van der Waals surface area contributed by atoms with Crippen LogP contribution in [0.25, 0.3) is 11.5 Å². The van der Waals surface area contributed by atoms with E-state index < -0.39 is 52.4 Å². The third-order valence-corrected chi connectivity index (χ3v) is 4.84. The summed E-state index contributed by atoms with van der Waals surface area (Å²) in [6.45, 7) is 0. The van der Waals surface area contributed by atoms with E-state index >= 15 is 0 Å². The van der Waals surface area contributed by atoms with Gasteiger partial charge in [0.25, 0.3) is 0 Å². The summed E-state index contributed by atoms with van der Waals surface area (Å²) in [5.74, 6) is -5.56. The van der Waals surface area contributed by atoms with E-state index in [-0.39, 0.29) is 27.8 Å². The zero-order chi connectivity index (χ0) is 20.2. The molecule has 0 atom stereocenters. The van der Waals surface area contributed by atoms with Crippen molar-refractivity contribution >= 4 is 34.7 Å². The highest BCUT2D eigenvalue weighted by Crippen LogP contribution is 2.37. The Morgan fingerprint density at radius 1 is 0.571 bits per heavy atom. The monoisotopic (exact) mass is 376 g/mol. The maximum absolute atomic E-state index is 12.5. The molecule has 2 aromatic rings. The predicted molar refractivity (Wildman–Crippen MR) is 96.9 cm³/mol. The number of ketones is 4. The Hall–Kier alpha value is -4.00. The molecule has 0 aromatic heterocycles. The molecule has 0 saturated carbocycles. The zero-order valence-electron chi connectivity index (χ0n) is 14.2. The van der Waals surface area contributed by atoms with Crippen LogP contribution < -0.4 is 0 Å². The summed E-state index contributed by atoms with van der Waals surface area (Å²) in [7, 11) is 0. The van der Waals surface area contributed by atoms with Crippen LogP contribution in [0.2, 0.25) is 0 Å². The summed E-state index contributed by atoms with van der Waals surface area (Å²) in [6, 6.07) is 9.89. The van der Waals surface area contributed by atoms with Gasteiger partial charge in [0.05, 0.1) is 16.7 Å². The van der Waals surface area contributed by atoms with Gasteiger partial charge in [-0.15, -0.1) is 0 Å². The number of allylic oxidation sites excluding steroid dienone is 2. The number of phenols is 1. The second-order valence-corrected chi connectivity index (χ2v) is 6.39. The third-order valence-electron chi connectivity index (χ3n) is 4.84. The number of Topliss-reactive ketones (excluding diaryl/α,β-unsaturated/α-hetero) is 4. The normalized spacial score (nSPS) is 16.4. The van der Waals surface area contributed by atoms with Crippen LogP contribution in [0.1, 0.15) is 38.3 Å². The lowest BCUT2D eigenvalue weighted by molar-refractivity contribution is -0.112. The number of hydrogen-bond acceptors (Lipinski definition) is 7. The average Bonchev–Trinajstić information content (AvgIpc) is 2.70. The van der Waals surface area contributed by atoms with Crippen molar-refractivity contribution < 1.29 is 34.5 Å². The van der Waals surface area contributed by atoms with E-state index in [1.54, 1.807) is 12.1 Å². The van der Waals surface area contributed by atoms with Gasteiger partial charge in [0.2, 0.25) is 23.1 Å². The maximum atomic E-state index is 12.5. The molecule has 28 heavy (non-hydrogen) atoms. The van der Waals surface area contributed by atoms with E-state index in [9.17, 15) is 34.5 Å². The molecule has 0 heterocycles. The molecule has 0 spiro atoms. The predicted octanol–water partition coefficient (Wildman–Crippen LogP) is 2.55. The van der Waals surface area contributed by atoms with Gasteiger partial charge in [-0.1, -0.05) is 36.4 Å². The molecule has 0 radical (unpaired) electrons. The van der Waals surface area contributed by atoms with Gasteiger partial charge in [-0.25, -0.2) is 0 Å². The lowest BCUT2D eigenvalue weighted by atomic mass is 9.81. The zero-order valence-corrected chi connectivity index (χ0v) is 14.2. The van der Waals surface area contributed by atoms with Gasteiger partial charge in [0.1, 0.15) is 17.3 Å². The van der Waals surface area contributed by atoms with E-state index in [0.29, 0.717) is 0 Å². The summed E-state index contributed by atoms with van der Waals surface area (Å²) in [5, 5.41) is 30.8. The second kappa shape index (κ2) is 6.02. The number of aliphatic hydroxyl groups is 2. The molecular weight excluding hydrogens is 364 g/mol. The topological polar surface area (TPSA) is 129 Å². The van der Waals surface area contributed by atoms with Crippen molar-refractivity contribution in [2.24, 2.45) is 0 Å². The van der Waals surface area contributed by atoms with E-state index in [4.69, 9.17) is 0 Å². The first kappa shape index (κ1) is 17.4. The minimum Gasteiger partial charge on any atom is -0.507 e. The lowest BCUT2D eigenvalue weighted by Crippen LogP contribution is -2.28. The Kier molecular flexibility index (Phi) is 3.74. The maximum Gasteiger partial charge on any atom is 0.237 e. The molecule has 0 saturated heterocycles. The Morgan fingerprint density at radius 3 is 1.79 bits per heavy atom. The van der Waals surface area contributed by atoms with E-state index in [1.165, 1.54) is 30.3 Å². The molecule has 4 rings (SSSR count). The molecule has 138 valence electrons. The van der Waals surface area contributed by atoms with Crippen LogP contribution in [0.3, 0.4) is 0 Å². The van der Waals surface area contributed by atoms with Gasteiger partial charge in [-0.3, -0.25) is 19.2 Å². The van der Waals surface area contributed by atoms with Crippen molar-refractivity contribution in [1.82, 2.24) is 0 Å². The molecule has 7 heteroatoms. The quantitative estimate of drug-likeness (QED) is 0.687. The third kappa shape index (κ3) is 2.30. The van der Waals surface area contributed by atoms with E-state index in [0.717, 1.165) is 0 Å². The fourth-order valence-electron chi connectivity index (χ4n) is 3.42. The molecule has 2 aliphatic rings. The second-order valence-electron chi connectivity index (χ2n) is 6.39. The van der Waals surface area contributed by atoms with Crippen molar-refractivity contribution in [2.45, 2.75) is 6.42 Å². The molecule has 7 nitrogen and oxygen atoms in total. The van der Waals surface area contributed by atoms with Crippen molar-refractivity contribution in [1.29, 1.82) is 0 Å². The summed E-state index contributed by atoms with van der Waals surface area (Å²) >= 11 is 0. The van der Waals surface area contributed by atoms with E-state index in [2.05, 4.69) is 0 Å². The van der Waals surface area contributed by atoms with Crippen LogP contribution in [0.5, 0.6) is 5.75 Å². The number of phenolic OH excluding ortho intramolecular Hbond substituents is 1. The number of aromatic hydroxyl groups is 1. The van der Waals surface area contributed by atoms with Gasteiger partial charge >= 0.3 is 0 Å². The summed E-state index contributed by atoms with van der Waals surface area (Å²) in [5.41, 5.74) is -1.03. The number of fused-ring (bicyclic) bond motifs is 2. The van der Waals surface area contributed by atoms with Gasteiger partial charge < -0.3 is 15.3 Å². The van der Waals surface area contributed by atoms with E-state index in [1.807, 2.05) is 0 Å². The molecule has 0 unspecified atom stereocenters. The fraction of sp³-hybridized carbons (Fsp3) is 0.0476. The first-order chi connectivity index (χ1) is 13.3. The van der Waals surface area contributed by atoms with Gasteiger partial charge in [0.15, 0.2) is 0 Å². The van der Waals surface area contributed by atoms with Gasteiger partial charge in [-0.05, 0) is 6.07 Å². The standard InChI is InChI=1S/C21H12O7/c22-14-7-3-6-11-15(14)21(28)20(27)13(17(11)24)8-12-16(23)9-4-1-2-5-10(9)18(25)19(12)26/h1-7,22-24H,8H2. The lowest BCUT2D eigenvalue weighted by Gasteiger charge is -2.21. The fourth-order valence-corrected chi connectivity index (χ4v) is 3.42. The summed E-state index contributed by atoms with van der Waals surface area (Å²) < 4.78 is 0. The highest BCUT2D eigenvalue weighted by molar-refractivity contribution is 6.54. The number of hydrogen-bond donors (Lipinski definition) is 3. The molecule has 2 aromatic carbocycles. The van der Waals surface area contributed by atoms with Gasteiger partial charge in [0, 0.05) is 23.1 Å². The first-order valence-electron chi connectivity index (χ1n) is 8.27. The SMILES string of the molecule is O=C1C(=O)c2ccccc2C(O)=C1CC1=C(O)c2cccc(O)c2C(=O)C1=O. The molecule has 0 aliphatic heterocycles. The Morgan fingerprint density at radius 2 is 1.11 bits per heavy atom. The minimum atomic E-state index is -1.12. The molecule has 0 bridgehead atoms. The van der Waals surface area contributed by atoms with Crippen LogP contribution in [0, 0.1) is 0 Å². The summed E-state index contributed by atoms with van der Waals surface area (Å²) in [4.78, 5) is 49.6. The number of rotatable bonds is 2. The Balaban J connectivity index is 1.88.